The highest BCUT2D eigenvalue weighted by Crippen LogP contribution is 2.40. The first kappa shape index (κ1) is 11.5. The van der Waals surface area contributed by atoms with Gasteiger partial charge in [0.2, 0.25) is 0 Å². The molecule has 0 saturated carbocycles. The van der Waals surface area contributed by atoms with E-state index < -0.39 is 0 Å². The summed E-state index contributed by atoms with van der Waals surface area (Å²) in [5.74, 6) is 1.77. The predicted octanol–water partition coefficient (Wildman–Crippen LogP) is 2.83. The lowest BCUT2D eigenvalue weighted by Gasteiger charge is -2.26. The molecule has 1 N–H and O–H groups in total. The van der Waals surface area contributed by atoms with Crippen molar-refractivity contribution in [2.24, 2.45) is 11.3 Å². The maximum Gasteiger partial charge on any atom is 0.142 e. The van der Waals surface area contributed by atoms with Crippen LogP contribution in [0.5, 0.6) is 0 Å². The van der Waals surface area contributed by atoms with Gasteiger partial charge in [-0.05, 0) is 23.8 Å². The average Bonchev–Trinajstić information content (AvgIpc) is 2.95. The Bertz CT molecular complexity index is 562. The third-order valence-corrected chi connectivity index (χ3v) is 4.68. The number of fused-ring (bicyclic) bond motifs is 1. The van der Waals surface area contributed by atoms with Crippen LogP contribution in [0.4, 0.5) is 5.82 Å². The van der Waals surface area contributed by atoms with Crippen LogP contribution in [0.25, 0.3) is 11.0 Å². The van der Waals surface area contributed by atoms with Crippen molar-refractivity contribution >= 4 is 16.9 Å². The molecule has 0 radical (unpaired) electrons. The molecule has 0 amide bonds. The largest absolute Gasteiger partial charge is 0.355 e. The number of anilines is 1. The van der Waals surface area contributed by atoms with Gasteiger partial charge in [-0.25, -0.2) is 9.97 Å². The van der Waals surface area contributed by atoms with E-state index in [4.69, 9.17) is 0 Å². The Labute approximate surface area is 107 Å². The summed E-state index contributed by atoms with van der Waals surface area (Å²) in [5, 5.41) is 1.13. The smallest absolute Gasteiger partial charge is 0.142 e. The molecule has 1 aliphatic heterocycles. The molecule has 2 atom stereocenters. The van der Waals surface area contributed by atoms with Gasteiger partial charge in [-0.1, -0.05) is 20.8 Å². The number of H-pyrrole nitrogens is 1. The number of nitrogens with one attached hydrogen (secondary N) is 1. The van der Waals surface area contributed by atoms with Crippen LogP contribution in [0, 0.1) is 11.3 Å². The van der Waals surface area contributed by atoms with Gasteiger partial charge >= 0.3 is 0 Å². The van der Waals surface area contributed by atoms with Gasteiger partial charge in [0, 0.05) is 19.3 Å². The van der Waals surface area contributed by atoms with Gasteiger partial charge in [0.1, 0.15) is 17.8 Å². The lowest BCUT2D eigenvalue weighted by atomic mass is 9.79. The first-order valence-electron chi connectivity index (χ1n) is 6.67. The van der Waals surface area contributed by atoms with Gasteiger partial charge in [-0.2, -0.15) is 0 Å². The molecule has 4 nitrogen and oxygen atoms in total. The van der Waals surface area contributed by atoms with E-state index in [-0.39, 0.29) is 0 Å². The van der Waals surface area contributed by atoms with Crippen LogP contribution >= 0.6 is 0 Å². The molecule has 0 bridgehead atoms. The lowest BCUT2D eigenvalue weighted by molar-refractivity contribution is 0.265. The molecule has 2 aromatic rings. The molecule has 3 heterocycles. The summed E-state index contributed by atoms with van der Waals surface area (Å²) in [5.41, 5.74) is 1.32. The van der Waals surface area contributed by atoms with Crippen molar-refractivity contribution in [3.05, 3.63) is 18.6 Å². The fourth-order valence-electron chi connectivity index (χ4n) is 2.94. The SMILES string of the molecule is CCC1(C)CN(c2ncnc3[nH]ccc23)C[C@@H]1C. The maximum absolute atomic E-state index is 4.49. The zero-order valence-electron chi connectivity index (χ0n) is 11.3. The number of aromatic nitrogens is 3. The van der Waals surface area contributed by atoms with E-state index in [1.165, 1.54) is 6.42 Å². The van der Waals surface area contributed by atoms with E-state index in [1.807, 2.05) is 6.20 Å². The molecule has 2 aromatic heterocycles. The van der Waals surface area contributed by atoms with Crippen molar-refractivity contribution in [2.45, 2.75) is 27.2 Å². The number of aromatic amines is 1. The third-order valence-electron chi connectivity index (χ3n) is 4.68. The van der Waals surface area contributed by atoms with E-state index in [1.54, 1.807) is 6.33 Å². The zero-order chi connectivity index (χ0) is 12.8. The van der Waals surface area contributed by atoms with Crippen LogP contribution in [-0.4, -0.2) is 28.0 Å². The number of hydrogen-bond donors (Lipinski definition) is 1. The topological polar surface area (TPSA) is 44.8 Å². The lowest BCUT2D eigenvalue weighted by Crippen LogP contribution is -2.26. The van der Waals surface area contributed by atoms with Gasteiger partial charge < -0.3 is 9.88 Å². The number of rotatable bonds is 2. The molecule has 1 saturated heterocycles. The summed E-state index contributed by atoms with van der Waals surface area (Å²) in [6.07, 6.45) is 4.80. The predicted molar refractivity (Wildman–Crippen MR) is 73.7 cm³/mol. The monoisotopic (exact) mass is 244 g/mol. The Balaban J connectivity index is 1.99. The molecular formula is C14H20N4. The van der Waals surface area contributed by atoms with Crippen molar-refractivity contribution in [1.29, 1.82) is 0 Å². The molecule has 4 heteroatoms. The minimum absolute atomic E-state index is 0.396. The quantitative estimate of drug-likeness (QED) is 0.883. The molecule has 1 unspecified atom stereocenters. The maximum atomic E-state index is 4.49. The molecule has 0 aliphatic carbocycles. The molecule has 3 rings (SSSR count). The Hall–Kier alpha value is -1.58. The normalized spacial score (nSPS) is 28.2. The summed E-state index contributed by atoms with van der Waals surface area (Å²) in [6, 6.07) is 2.07. The van der Waals surface area contributed by atoms with Crippen LogP contribution in [0.1, 0.15) is 27.2 Å². The van der Waals surface area contributed by atoms with Crippen LogP contribution in [0.2, 0.25) is 0 Å². The molecule has 18 heavy (non-hydrogen) atoms. The van der Waals surface area contributed by atoms with Crippen LogP contribution in [0.3, 0.4) is 0 Å². The van der Waals surface area contributed by atoms with E-state index >= 15 is 0 Å². The number of nitrogens with zero attached hydrogens (tertiary/aromatic N) is 3. The van der Waals surface area contributed by atoms with Crippen molar-refractivity contribution in [3.8, 4) is 0 Å². The molecule has 0 spiro atoms. The van der Waals surface area contributed by atoms with Gasteiger partial charge in [0.05, 0.1) is 5.39 Å². The highest BCUT2D eigenvalue weighted by Gasteiger charge is 2.39. The number of hydrogen-bond acceptors (Lipinski definition) is 3. The van der Waals surface area contributed by atoms with Gasteiger partial charge in [-0.15, -0.1) is 0 Å². The highest BCUT2D eigenvalue weighted by atomic mass is 15.2. The van der Waals surface area contributed by atoms with Crippen molar-refractivity contribution in [1.82, 2.24) is 15.0 Å². The second-order valence-electron chi connectivity index (χ2n) is 5.73. The Morgan fingerprint density at radius 1 is 1.50 bits per heavy atom. The Morgan fingerprint density at radius 2 is 2.33 bits per heavy atom. The second kappa shape index (κ2) is 3.97. The van der Waals surface area contributed by atoms with Gasteiger partial charge in [0.25, 0.3) is 0 Å². The van der Waals surface area contributed by atoms with Crippen molar-refractivity contribution in [2.75, 3.05) is 18.0 Å². The minimum Gasteiger partial charge on any atom is -0.355 e. The van der Waals surface area contributed by atoms with E-state index in [0.29, 0.717) is 11.3 Å². The van der Waals surface area contributed by atoms with Crippen LogP contribution in [-0.2, 0) is 0 Å². The molecule has 1 fully saturated rings. The van der Waals surface area contributed by atoms with E-state index in [9.17, 15) is 0 Å². The summed E-state index contributed by atoms with van der Waals surface area (Å²) < 4.78 is 0. The fourth-order valence-corrected chi connectivity index (χ4v) is 2.94. The Kier molecular flexibility index (Phi) is 2.54. The summed E-state index contributed by atoms with van der Waals surface area (Å²) >= 11 is 0. The van der Waals surface area contributed by atoms with Gasteiger partial charge in [-0.3, -0.25) is 0 Å². The molecule has 0 aromatic carbocycles. The van der Waals surface area contributed by atoms with Crippen LogP contribution < -0.4 is 4.90 Å². The second-order valence-corrected chi connectivity index (χ2v) is 5.73. The van der Waals surface area contributed by atoms with E-state index in [0.717, 1.165) is 29.9 Å². The first-order chi connectivity index (χ1) is 8.64. The first-order valence-corrected chi connectivity index (χ1v) is 6.67. The zero-order valence-corrected chi connectivity index (χ0v) is 11.3. The summed E-state index contributed by atoms with van der Waals surface area (Å²) in [7, 11) is 0. The molecule has 1 aliphatic rings. The standard InChI is InChI=1S/C14H20N4/c1-4-14(3)8-18(7-10(14)2)13-11-5-6-15-12(11)16-9-17-13/h5-6,9-10H,4,7-8H2,1-3H3,(H,15,16,17)/t10-,14?/m0/s1. The Morgan fingerprint density at radius 3 is 3.06 bits per heavy atom. The third kappa shape index (κ3) is 1.59. The van der Waals surface area contributed by atoms with Gasteiger partial charge in [0.15, 0.2) is 0 Å². The van der Waals surface area contributed by atoms with Crippen molar-refractivity contribution < 1.29 is 0 Å². The van der Waals surface area contributed by atoms with Crippen molar-refractivity contribution in [3.63, 3.8) is 0 Å². The molecular weight excluding hydrogens is 224 g/mol. The van der Waals surface area contributed by atoms with Crippen LogP contribution in [0.15, 0.2) is 18.6 Å². The average molecular weight is 244 g/mol. The fraction of sp³-hybridized carbons (Fsp3) is 0.571. The summed E-state index contributed by atoms with van der Waals surface area (Å²) in [4.78, 5) is 14.3. The minimum atomic E-state index is 0.396. The molecule has 96 valence electrons. The van der Waals surface area contributed by atoms with E-state index in [2.05, 4.69) is 46.7 Å². The summed E-state index contributed by atoms with van der Waals surface area (Å²) in [6.45, 7) is 9.18. The highest BCUT2D eigenvalue weighted by molar-refractivity contribution is 5.87.